The van der Waals surface area contributed by atoms with E-state index in [9.17, 15) is 14.0 Å². The zero-order chi connectivity index (χ0) is 11.2. The molecule has 6 heteroatoms. The van der Waals surface area contributed by atoms with Crippen molar-refractivity contribution in [2.75, 3.05) is 0 Å². The molecule has 0 unspecified atom stereocenters. The minimum Gasteiger partial charge on any atom is -0.477 e. The van der Waals surface area contributed by atoms with E-state index in [2.05, 4.69) is 4.42 Å². The van der Waals surface area contributed by atoms with Crippen molar-refractivity contribution in [1.29, 1.82) is 0 Å². The number of hydrogen-bond donors (Lipinski definition) is 1. The molecule has 0 saturated heterocycles. The van der Waals surface area contributed by atoms with Crippen LogP contribution in [0.25, 0.3) is 11.1 Å². The molecule has 2 rings (SSSR count). The number of benzene rings is 1. The van der Waals surface area contributed by atoms with E-state index < -0.39 is 23.1 Å². The summed E-state index contributed by atoms with van der Waals surface area (Å²) in [4.78, 5) is 21.9. The lowest BCUT2D eigenvalue weighted by molar-refractivity contribution is 0.0693. The summed E-state index contributed by atoms with van der Waals surface area (Å²) in [5.41, 5.74) is -0.612. The van der Waals surface area contributed by atoms with Crippen molar-refractivity contribution in [3.05, 3.63) is 34.1 Å². The van der Waals surface area contributed by atoms with Crippen molar-refractivity contribution in [1.82, 2.24) is 4.57 Å². The number of carboxylic acids is 1. The molecule has 1 N–H and O–H groups in total. The minimum atomic E-state index is -1.47. The van der Waals surface area contributed by atoms with Gasteiger partial charge in [0.2, 0.25) is 0 Å². The van der Waals surface area contributed by atoms with E-state index in [1.165, 1.54) is 13.1 Å². The van der Waals surface area contributed by atoms with E-state index in [-0.39, 0.29) is 11.1 Å². The van der Waals surface area contributed by atoms with Gasteiger partial charge >= 0.3 is 11.7 Å². The van der Waals surface area contributed by atoms with Crippen LogP contribution in [0.2, 0.25) is 0 Å². The molecule has 2 aromatic rings. The van der Waals surface area contributed by atoms with Gasteiger partial charge in [-0.25, -0.2) is 14.0 Å². The number of carbonyl (C=O) groups is 1. The second-order valence-electron chi connectivity index (χ2n) is 3.00. The molecule has 0 aliphatic carbocycles. The number of carboxylic acid groups (broad SMARTS) is 1. The Labute approximate surface area is 82.3 Å². The number of aromatic carboxylic acids is 1. The molecule has 5 nitrogen and oxygen atoms in total. The van der Waals surface area contributed by atoms with Crippen LogP contribution in [0.1, 0.15) is 10.4 Å². The largest absolute Gasteiger partial charge is 0.477 e. The molecule has 0 saturated carbocycles. The van der Waals surface area contributed by atoms with Crippen molar-refractivity contribution in [3.63, 3.8) is 0 Å². The predicted molar refractivity (Wildman–Crippen MR) is 48.4 cm³/mol. The normalized spacial score (nSPS) is 10.8. The topological polar surface area (TPSA) is 72.4 Å². The van der Waals surface area contributed by atoms with Crippen molar-refractivity contribution < 1.29 is 18.7 Å². The Morgan fingerprint density at radius 2 is 2.20 bits per heavy atom. The van der Waals surface area contributed by atoms with Gasteiger partial charge in [0.15, 0.2) is 5.58 Å². The van der Waals surface area contributed by atoms with Gasteiger partial charge in [0.25, 0.3) is 0 Å². The maximum Gasteiger partial charge on any atom is 0.419 e. The van der Waals surface area contributed by atoms with Gasteiger partial charge < -0.3 is 9.52 Å². The lowest BCUT2D eigenvalue weighted by Crippen LogP contribution is -2.08. The van der Waals surface area contributed by atoms with Crippen LogP contribution in [-0.4, -0.2) is 15.6 Å². The maximum absolute atomic E-state index is 13.2. The van der Waals surface area contributed by atoms with Crippen LogP contribution in [0, 0.1) is 5.82 Å². The summed E-state index contributed by atoms with van der Waals surface area (Å²) in [5, 5.41) is 8.75. The average Bonchev–Trinajstić information content (AvgIpc) is 2.42. The number of rotatable bonds is 1. The molecule has 0 aliphatic rings. The molecule has 0 fully saturated rings. The molecule has 1 aromatic heterocycles. The molecule has 0 bridgehead atoms. The van der Waals surface area contributed by atoms with E-state index in [1.54, 1.807) is 0 Å². The number of fused-ring (bicyclic) bond motifs is 1. The summed E-state index contributed by atoms with van der Waals surface area (Å²) in [5.74, 6) is -3.12. The standard InChI is InChI=1S/C9H6FNO4/c1-11-5-3-2-4(10)6(8(12)13)7(5)15-9(11)14/h2-3H,1H3,(H,12,13). The summed E-state index contributed by atoms with van der Waals surface area (Å²) < 4.78 is 18.9. The van der Waals surface area contributed by atoms with Crippen LogP contribution in [0.15, 0.2) is 21.3 Å². The highest BCUT2D eigenvalue weighted by atomic mass is 19.1. The van der Waals surface area contributed by atoms with E-state index in [1.807, 2.05) is 0 Å². The lowest BCUT2D eigenvalue weighted by Gasteiger charge is -1.97. The van der Waals surface area contributed by atoms with Gasteiger partial charge in [-0.2, -0.15) is 0 Å². The Kier molecular flexibility index (Phi) is 1.85. The van der Waals surface area contributed by atoms with Gasteiger partial charge in [-0.15, -0.1) is 0 Å². The molecule has 0 atom stereocenters. The molecular weight excluding hydrogens is 205 g/mol. The first kappa shape index (κ1) is 9.45. The van der Waals surface area contributed by atoms with Crippen LogP contribution in [0.4, 0.5) is 4.39 Å². The number of nitrogens with zero attached hydrogens (tertiary/aromatic N) is 1. The van der Waals surface area contributed by atoms with Crippen molar-refractivity contribution in [3.8, 4) is 0 Å². The monoisotopic (exact) mass is 211 g/mol. The molecule has 15 heavy (non-hydrogen) atoms. The number of halogens is 1. The zero-order valence-corrected chi connectivity index (χ0v) is 7.65. The zero-order valence-electron chi connectivity index (χ0n) is 7.65. The third kappa shape index (κ3) is 1.22. The molecule has 0 spiro atoms. The van der Waals surface area contributed by atoms with E-state index in [0.29, 0.717) is 0 Å². The number of hydrogen-bond acceptors (Lipinski definition) is 3. The van der Waals surface area contributed by atoms with Gasteiger partial charge in [-0.1, -0.05) is 0 Å². The van der Waals surface area contributed by atoms with Crippen LogP contribution >= 0.6 is 0 Å². The Morgan fingerprint density at radius 3 is 2.80 bits per heavy atom. The maximum atomic E-state index is 13.2. The van der Waals surface area contributed by atoms with E-state index in [4.69, 9.17) is 5.11 Å². The van der Waals surface area contributed by atoms with Crippen molar-refractivity contribution in [2.24, 2.45) is 7.05 Å². The Bertz CT molecular complexity index is 610. The van der Waals surface area contributed by atoms with Crippen molar-refractivity contribution in [2.45, 2.75) is 0 Å². The number of aromatic nitrogens is 1. The van der Waals surface area contributed by atoms with Crippen LogP contribution < -0.4 is 5.76 Å². The molecule has 1 heterocycles. The van der Waals surface area contributed by atoms with Crippen LogP contribution in [-0.2, 0) is 7.05 Å². The third-order valence-electron chi connectivity index (χ3n) is 2.12. The van der Waals surface area contributed by atoms with Crippen LogP contribution in [0.5, 0.6) is 0 Å². The minimum absolute atomic E-state index is 0.241. The molecule has 0 amide bonds. The summed E-state index contributed by atoms with van der Waals surface area (Å²) in [6.07, 6.45) is 0. The smallest absolute Gasteiger partial charge is 0.419 e. The summed E-state index contributed by atoms with van der Waals surface area (Å²) in [7, 11) is 1.41. The van der Waals surface area contributed by atoms with Gasteiger partial charge in [-0.3, -0.25) is 4.57 Å². The first-order valence-corrected chi connectivity index (χ1v) is 4.03. The predicted octanol–water partition coefficient (Wildman–Crippen LogP) is 0.969. The Morgan fingerprint density at radius 1 is 1.53 bits per heavy atom. The lowest BCUT2D eigenvalue weighted by atomic mass is 10.2. The molecule has 0 radical (unpaired) electrons. The average molecular weight is 211 g/mol. The fraction of sp³-hybridized carbons (Fsp3) is 0.111. The van der Waals surface area contributed by atoms with E-state index >= 15 is 0 Å². The second-order valence-corrected chi connectivity index (χ2v) is 3.00. The van der Waals surface area contributed by atoms with Crippen LogP contribution in [0.3, 0.4) is 0 Å². The number of oxazole rings is 1. The Hall–Kier alpha value is -2.11. The highest BCUT2D eigenvalue weighted by Gasteiger charge is 2.19. The van der Waals surface area contributed by atoms with Gasteiger partial charge in [-0.05, 0) is 12.1 Å². The number of aryl methyl sites for hydroxylation is 1. The summed E-state index contributed by atoms with van der Waals surface area (Å²) in [6.45, 7) is 0. The van der Waals surface area contributed by atoms with Crippen molar-refractivity contribution >= 4 is 17.1 Å². The molecule has 0 aliphatic heterocycles. The fourth-order valence-electron chi connectivity index (χ4n) is 1.37. The van der Waals surface area contributed by atoms with E-state index in [0.717, 1.165) is 10.6 Å². The quantitative estimate of drug-likeness (QED) is 0.762. The SMILES string of the molecule is Cn1c(=O)oc2c(C(=O)O)c(F)ccc21. The summed E-state index contributed by atoms with van der Waals surface area (Å²) >= 11 is 0. The second kappa shape index (κ2) is 2.94. The highest BCUT2D eigenvalue weighted by molar-refractivity contribution is 6.00. The third-order valence-corrected chi connectivity index (χ3v) is 2.12. The Balaban J connectivity index is 3.00. The summed E-state index contributed by atoms with van der Waals surface area (Å²) in [6, 6.07) is 2.28. The first-order valence-electron chi connectivity index (χ1n) is 4.03. The highest BCUT2D eigenvalue weighted by Crippen LogP contribution is 2.20. The first-order chi connectivity index (χ1) is 7.02. The van der Waals surface area contributed by atoms with Gasteiger partial charge in [0.1, 0.15) is 11.4 Å². The molecule has 78 valence electrons. The molecular formula is C9H6FNO4. The fourth-order valence-corrected chi connectivity index (χ4v) is 1.37. The van der Waals surface area contributed by atoms with Gasteiger partial charge in [0.05, 0.1) is 5.52 Å². The van der Waals surface area contributed by atoms with Gasteiger partial charge in [0, 0.05) is 7.05 Å². The molecule has 1 aromatic carbocycles.